The van der Waals surface area contributed by atoms with Gasteiger partial charge in [-0.2, -0.15) is 4.68 Å². The number of hydrogen-bond donors (Lipinski definition) is 1. The van der Waals surface area contributed by atoms with Crippen LogP contribution in [0.15, 0.2) is 47.6 Å². The van der Waals surface area contributed by atoms with Crippen LogP contribution in [0, 0.1) is 13.8 Å². The van der Waals surface area contributed by atoms with Crippen molar-refractivity contribution >= 4 is 11.8 Å². The van der Waals surface area contributed by atoms with Gasteiger partial charge >= 0.3 is 0 Å². The quantitative estimate of drug-likeness (QED) is 0.580. The number of ether oxygens (including phenoxy) is 1. The van der Waals surface area contributed by atoms with Crippen molar-refractivity contribution < 1.29 is 9.84 Å². The number of hydrogen-bond acceptors (Lipinski definition) is 6. The van der Waals surface area contributed by atoms with E-state index in [4.69, 9.17) is 4.74 Å². The predicted octanol–water partition coefficient (Wildman–Crippen LogP) is 3.93. The van der Waals surface area contributed by atoms with Crippen LogP contribution >= 0.6 is 11.8 Å². The van der Waals surface area contributed by atoms with Gasteiger partial charge < -0.3 is 9.84 Å². The number of aliphatic hydroxyl groups excluding tert-OH is 1. The Balaban J connectivity index is 1.61. The normalized spacial score (nSPS) is 12.4. The highest BCUT2D eigenvalue weighted by molar-refractivity contribution is 7.99. The molecular formula is C21H26N4O2S. The Kier molecular flexibility index (Phi) is 6.70. The van der Waals surface area contributed by atoms with Gasteiger partial charge in [0.1, 0.15) is 12.4 Å². The first-order chi connectivity index (χ1) is 13.5. The molecule has 0 aliphatic heterocycles. The number of para-hydroxylation sites is 1. The van der Waals surface area contributed by atoms with Crippen LogP contribution in [-0.4, -0.2) is 43.8 Å². The fraction of sp³-hybridized carbons (Fsp3) is 0.381. The highest BCUT2D eigenvalue weighted by atomic mass is 32.2. The second kappa shape index (κ2) is 9.21. The van der Waals surface area contributed by atoms with E-state index in [9.17, 15) is 5.11 Å². The first-order valence-corrected chi connectivity index (χ1v) is 10.3. The number of aryl methyl sites for hydroxylation is 2. The molecule has 0 saturated heterocycles. The molecule has 0 amide bonds. The molecule has 0 unspecified atom stereocenters. The number of tetrazole rings is 1. The van der Waals surface area contributed by atoms with Crippen molar-refractivity contribution in [1.82, 2.24) is 20.2 Å². The maximum absolute atomic E-state index is 10.4. The lowest BCUT2D eigenvalue weighted by atomic mass is 10.0. The minimum atomic E-state index is -0.631. The maximum atomic E-state index is 10.4. The molecule has 0 fully saturated rings. The molecule has 2 aromatic carbocycles. The number of rotatable bonds is 8. The lowest BCUT2D eigenvalue weighted by Gasteiger charge is -2.16. The molecule has 6 nitrogen and oxygen atoms in total. The molecule has 0 aliphatic rings. The number of aliphatic hydroxyl groups is 1. The lowest BCUT2D eigenvalue weighted by molar-refractivity contribution is 0.125. The van der Waals surface area contributed by atoms with Gasteiger partial charge in [0.05, 0.1) is 11.8 Å². The van der Waals surface area contributed by atoms with Crippen LogP contribution in [0.25, 0.3) is 5.69 Å². The molecule has 28 heavy (non-hydrogen) atoms. The van der Waals surface area contributed by atoms with E-state index >= 15 is 0 Å². The van der Waals surface area contributed by atoms with Crippen molar-refractivity contribution in [2.45, 2.75) is 44.9 Å². The molecule has 7 heteroatoms. The van der Waals surface area contributed by atoms with E-state index in [1.807, 2.05) is 32.0 Å². The molecule has 0 radical (unpaired) electrons. The molecule has 1 atom stereocenters. The van der Waals surface area contributed by atoms with Gasteiger partial charge in [-0.25, -0.2) is 0 Å². The first kappa shape index (κ1) is 20.4. The summed E-state index contributed by atoms with van der Waals surface area (Å²) in [6.07, 6.45) is -0.631. The van der Waals surface area contributed by atoms with E-state index in [0.29, 0.717) is 16.8 Å². The molecule has 1 N–H and O–H groups in total. The van der Waals surface area contributed by atoms with E-state index in [1.54, 1.807) is 4.68 Å². The predicted molar refractivity (Wildman–Crippen MR) is 111 cm³/mol. The number of nitrogens with zero attached hydrogens (tertiary/aromatic N) is 4. The van der Waals surface area contributed by atoms with E-state index in [-0.39, 0.29) is 6.61 Å². The van der Waals surface area contributed by atoms with Crippen LogP contribution in [0.1, 0.15) is 36.5 Å². The van der Waals surface area contributed by atoms with E-state index in [2.05, 4.69) is 53.6 Å². The third-order valence-corrected chi connectivity index (χ3v) is 5.48. The largest absolute Gasteiger partial charge is 0.491 e. The Morgan fingerprint density at radius 2 is 1.93 bits per heavy atom. The van der Waals surface area contributed by atoms with Gasteiger partial charge in [-0.05, 0) is 59.0 Å². The van der Waals surface area contributed by atoms with E-state index in [1.165, 1.54) is 11.8 Å². The van der Waals surface area contributed by atoms with Gasteiger partial charge in [0.2, 0.25) is 5.16 Å². The topological polar surface area (TPSA) is 73.1 Å². The Morgan fingerprint density at radius 1 is 1.14 bits per heavy atom. The van der Waals surface area contributed by atoms with Gasteiger partial charge in [-0.1, -0.05) is 55.9 Å². The van der Waals surface area contributed by atoms with Crippen LogP contribution in [0.3, 0.4) is 0 Å². The maximum Gasteiger partial charge on any atom is 0.214 e. The summed E-state index contributed by atoms with van der Waals surface area (Å²) in [7, 11) is 0. The summed E-state index contributed by atoms with van der Waals surface area (Å²) in [6, 6.07) is 14.1. The Hall–Kier alpha value is -2.38. The summed E-state index contributed by atoms with van der Waals surface area (Å²) in [5.74, 6) is 1.63. The zero-order valence-electron chi connectivity index (χ0n) is 16.7. The van der Waals surface area contributed by atoms with Crippen LogP contribution < -0.4 is 4.74 Å². The fourth-order valence-corrected chi connectivity index (χ4v) is 3.65. The zero-order chi connectivity index (χ0) is 20.1. The standard InChI is InChI=1S/C21H26N4O2S/c1-14(2)18-7-5-6-8-20(18)27-12-17(26)13-28-21-22-23-24-25(21)19-11-15(3)9-10-16(19)4/h5-11,14,17,26H,12-13H2,1-4H3/t17-/m0/s1. The first-order valence-electron chi connectivity index (χ1n) is 9.34. The molecule has 0 spiro atoms. The average Bonchev–Trinajstić information content (AvgIpc) is 3.15. The van der Waals surface area contributed by atoms with Gasteiger partial charge in [-0.15, -0.1) is 5.10 Å². The smallest absolute Gasteiger partial charge is 0.214 e. The van der Waals surface area contributed by atoms with Crippen molar-refractivity contribution in [2.75, 3.05) is 12.4 Å². The minimum absolute atomic E-state index is 0.224. The third kappa shape index (κ3) is 4.91. The Bertz CT molecular complexity index is 926. The minimum Gasteiger partial charge on any atom is -0.491 e. The number of aromatic nitrogens is 4. The number of thioether (sulfide) groups is 1. The van der Waals surface area contributed by atoms with Crippen LogP contribution in [0.4, 0.5) is 0 Å². The summed E-state index contributed by atoms with van der Waals surface area (Å²) < 4.78 is 7.57. The highest BCUT2D eigenvalue weighted by Crippen LogP contribution is 2.26. The molecule has 148 valence electrons. The molecule has 0 bridgehead atoms. The van der Waals surface area contributed by atoms with Crippen LogP contribution in [0.2, 0.25) is 0 Å². The van der Waals surface area contributed by atoms with Crippen molar-refractivity contribution in [3.05, 3.63) is 59.2 Å². The van der Waals surface area contributed by atoms with E-state index < -0.39 is 6.10 Å². The summed E-state index contributed by atoms with van der Waals surface area (Å²) in [6.45, 7) is 8.54. The highest BCUT2D eigenvalue weighted by Gasteiger charge is 2.15. The molecular weight excluding hydrogens is 372 g/mol. The van der Waals surface area contributed by atoms with Gasteiger partial charge in [0.25, 0.3) is 0 Å². The van der Waals surface area contributed by atoms with E-state index in [0.717, 1.165) is 28.1 Å². The van der Waals surface area contributed by atoms with Gasteiger partial charge in [0, 0.05) is 5.75 Å². The molecule has 0 aliphatic carbocycles. The lowest BCUT2D eigenvalue weighted by Crippen LogP contribution is -2.21. The third-order valence-electron chi connectivity index (χ3n) is 4.41. The molecule has 1 aromatic heterocycles. The van der Waals surface area contributed by atoms with Crippen molar-refractivity contribution in [3.63, 3.8) is 0 Å². The second-order valence-corrected chi connectivity index (χ2v) is 8.12. The monoisotopic (exact) mass is 398 g/mol. The molecule has 3 rings (SSSR count). The SMILES string of the molecule is Cc1ccc(C)c(-n2nnnc2SC[C@@H](O)COc2ccccc2C(C)C)c1. The van der Waals surface area contributed by atoms with Crippen LogP contribution in [0.5, 0.6) is 5.75 Å². The molecule has 3 aromatic rings. The van der Waals surface area contributed by atoms with Gasteiger partial charge in [0.15, 0.2) is 0 Å². The Morgan fingerprint density at radius 3 is 2.71 bits per heavy atom. The Labute approximate surface area is 169 Å². The summed E-state index contributed by atoms with van der Waals surface area (Å²) >= 11 is 1.41. The number of benzene rings is 2. The summed E-state index contributed by atoms with van der Waals surface area (Å²) in [5.41, 5.74) is 4.32. The molecule has 1 heterocycles. The van der Waals surface area contributed by atoms with Crippen LogP contribution in [-0.2, 0) is 0 Å². The summed E-state index contributed by atoms with van der Waals surface area (Å²) in [4.78, 5) is 0. The zero-order valence-corrected chi connectivity index (χ0v) is 17.5. The molecule has 0 saturated carbocycles. The summed E-state index contributed by atoms with van der Waals surface area (Å²) in [5, 5.41) is 23.0. The van der Waals surface area contributed by atoms with Crippen molar-refractivity contribution in [3.8, 4) is 11.4 Å². The van der Waals surface area contributed by atoms with Crippen molar-refractivity contribution in [1.29, 1.82) is 0 Å². The second-order valence-electron chi connectivity index (χ2n) is 7.13. The fourth-order valence-electron chi connectivity index (χ4n) is 2.86. The van der Waals surface area contributed by atoms with Gasteiger partial charge in [-0.3, -0.25) is 0 Å². The van der Waals surface area contributed by atoms with Crippen molar-refractivity contribution in [2.24, 2.45) is 0 Å². The average molecular weight is 399 g/mol.